The molecule has 0 saturated heterocycles. The van der Waals surface area contributed by atoms with Crippen LogP contribution in [0, 0.1) is 6.92 Å². The van der Waals surface area contributed by atoms with Gasteiger partial charge < -0.3 is 4.74 Å². The fourth-order valence-corrected chi connectivity index (χ4v) is 2.27. The van der Waals surface area contributed by atoms with Crippen molar-refractivity contribution in [2.75, 3.05) is 0 Å². The maximum absolute atomic E-state index is 12.0. The molecule has 0 saturated carbocycles. The van der Waals surface area contributed by atoms with E-state index in [4.69, 9.17) is 4.74 Å². The van der Waals surface area contributed by atoms with Crippen LogP contribution in [0.25, 0.3) is 16.8 Å². The van der Waals surface area contributed by atoms with E-state index in [1.54, 1.807) is 12.1 Å². The number of hydrogen-bond acceptors (Lipinski definition) is 2. The van der Waals surface area contributed by atoms with Crippen LogP contribution in [0.15, 0.2) is 72.8 Å². The van der Waals surface area contributed by atoms with E-state index in [2.05, 4.69) is 0 Å². The molecule has 0 N–H and O–H groups in total. The van der Waals surface area contributed by atoms with E-state index in [1.807, 2.05) is 67.6 Å². The maximum atomic E-state index is 12.0. The molecule has 3 aromatic carbocycles. The van der Waals surface area contributed by atoms with Gasteiger partial charge in [-0.1, -0.05) is 66.2 Å². The Hall–Kier alpha value is -2.87. The predicted molar refractivity (Wildman–Crippen MR) is 89.8 cm³/mol. The Morgan fingerprint density at radius 2 is 1.64 bits per heavy atom. The molecule has 3 aromatic rings. The molecule has 2 nitrogen and oxygen atoms in total. The molecule has 0 radical (unpaired) electrons. The summed E-state index contributed by atoms with van der Waals surface area (Å²) < 4.78 is 5.45. The number of carbonyl (C=O) groups is 1. The Morgan fingerprint density at radius 1 is 0.909 bits per heavy atom. The zero-order valence-corrected chi connectivity index (χ0v) is 12.3. The molecule has 0 atom stereocenters. The number of ether oxygens (including phenoxy) is 1. The number of fused-ring (bicyclic) bond motifs is 1. The Kier molecular flexibility index (Phi) is 4.01. The lowest BCUT2D eigenvalue weighted by molar-refractivity contribution is -0.128. The number of benzene rings is 3. The van der Waals surface area contributed by atoms with E-state index in [0.29, 0.717) is 5.75 Å². The first kappa shape index (κ1) is 14.1. The van der Waals surface area contributed by atoms with E-state index in [-0.39, 0.29) is 5.97 Å². The molecule has 0 bridgehead atoms. The Morgan fingerprint density at radius 3 is 2.45 bits per heavy atom. The first-order valence-electron chi connectivity index (χ1n) is 7.17. The largest absolute Gasteiger partial charge is 0.423 e. The fraction of sp³-hybridized carbons (Fsp3) is 0.0500. The molecule has 0 fully saturated rings. The van der Waals surface area contributed by atoms with Crippen molar-refractivity contribution in [3.05, 3.63) is 83.9 Å². The summed E-state index contributed by atoms with van der Waals surface area (Å²) in [6.45, 7) is 2.03. The summed E-state index contributed by atoms with van der Waals surface area (Å²) in [4.78, 5) is 12.0. The highest BCUT2D eigenvalue weighted by Crippen LogP contribution is 2.25. The van der Waals surface area contributed by atoms with Crippen molar-refractivity contribution in [2.24, 2.45) is 0 Å². The van der Waals surface area contributed by atoms with Gasteiger partial charge in [0, 0.05) is 11.5 Å². The second-order valence-corrected chi connectivity index (χ2v) is 5.14. The predicted octanol–water partition coefficient (Wildman–Crippen LogP) is 4.77. The average Bonchev–Trinajstić information content (AvgIpc) is 2.55. The molecule has 0 aliphatic rings. The molecule has 0 unspecified atom stereocenters. The zero-order chi connectivity index (χ0) is 15.4. The van der Waals surface area contributed by atoms with Crippen molar-refractivity contribution >= 4 is 22.8 Å². The Labute approximate surface area is 129 Å². The molecular formula is C20H16O2. The highest BCUT2D eigenvalue weighted by atomic mass is 16.5. The van der Waals surface area contributed by atoms with Gasteiger partial charge in [0.2, 0.25) is 0 Å². The lowest BCUT2D eigenvalue weighted by Gasteiger charge is -2.05. The standard InChI is InChI=1S/C20H16O2/c1-15-9-11-16(12-10-15)13-14-20(21)22-19-8-4-6-17-5-2-3-7-18(17)19/h2-14H,1H3. The molecule has 108 valence electrons. The minimum atomic E-state index is -0.378. The van der Waals surface area contributed by atoms with Gasteiger partial charge in [0.15, 0.2) is 0 Å². The van der Waals surface area contributed by atoms with Crippen LogP contribution in [-0.4, -0.2) is 5.97 Å². The number of hydrogen-bond donors (Lipinski definition) is 0. The molecule has 0 spiro atoms. The van der Waals surface area contributed by atoms with Crippen LogP contribution in [0.4, 0.5) is 0 Å². The molecule has 2 heteroatoms. The number of aryl methyl sites for hydroxylation is 1. The van der Waals surface area contributed by atoms with Crippen LogP contribution in [-0.2, 0) is 4.79 Å². The van der Waals surface area contributed by atoms with Crippen molar-refractivity contribution in [3.63, 3.8) is 0 Å². The van der Waals surface area contributed by atoms with Crippen LogP contribution in [0.1, 0.15) is 11.1 Å². The molecule has 0 aliphatic carbocycles. The van der Waals surface area contributed by atoms with Gasteiger partial charge in [-0.05, 0) is 30.0 Å². The first-order valence-corrected chi connectivity index (χ1v) is 7.17. The van der Waals surface area contributed by atoms with Gasteiger partial charge in [0.25, 0.3) is 0 Å². The minimum absolute atomic E-state index is 0.378. The van der Waals surface area contributed by atoms with Crippen molar-refractivity contribution < 1.29 is 9.53 Å². The Balaban J connectivity index is 1.77. The van der Waals surface area contributed by atoms with Gasteiger partial charge in [-0.3, -0.25) is 0 Å². The topological polar surface area (TPSA) is 26.3 Å². The summed E-state index contributed by atoms with van der Waals surface area (Å²) in [6.07, 6.45) is 3.21. The van der Waals surface area contributed by atoms with E-state index < -0.39 is 0 Å². The molecule has 0 aliphatic heterocycles. The summed E-state index contributed by atoms with van der Waals surface area (Å²) in [5.41, 5.74) is 2.16. The van der Waals surface area contributed by atoms with Gasteiger partial charge in [0.05, 0.1) is 0 Å². The van der Waals surface area contributed by atoms with Crippen LogP contribution in [0.2, 0.25) is 0 Å². The normalized spacial score (nSPS) is 11.0. The molecule has 0 amide bonds. The SMILES string of the molecule is Cc1ccc(C=CC(=O)Oc2cccc3ccccc23)cc1. The zero-order valence-electron chi connectivity index (χ0n) is 12.3. The summed E-state index contributed by atoms with van der Waals surface area (Å²) >= 11 is 0. The molecule has 22 heavy (non-hydrogen) atoms. The van der Waals surface area contributed by atoms with Gasteiger partial charge in [0.1, 0.15) is 5.75 Å². The second-order valence-electron chi connectivity index (χ2n) is 5.14. The summed E-state index contributed by atoms with van der Waals surface area (Å²) in [5.74, 6) is 0.202. The number of rotatable bonds is 3. The third-order valence-corrected chi connectivity index (χ3v) is 3.45. The molecule has 3 rings (SSSR count). The van der Waals surface area contributed by atoms with Crippen LogP contribution in [0.3, 0.4) is 0 Å². The van der Waals surface area contributed by atoms with Crippen molar-refractivity contribution in [1.82, 2.24) is 0 Å². The van der Waals surface area contributed by atoms with E-state index >= 15 is 0 Å². The van der Waals surface area contributed by atoms with Crippen molar-refractivity contribution in [1.29, 1.82) is 0 Å². The lowest BCUT2D eigenvalue weighted by Crippen LogP contribution is -2.03. The lowest BCUT2D eigenvalue weighted by atomic mass is 10.1. The van der Waals surface area contributed by atoms with Gasteiger partial charge in [-0.25, -0.2) is 4.79 Å². The van der Waals surface area contributed by atoms with Crippen LogP contribution >= 0.6 is 0 Å². The molecular weight excluding hydrogens is 272 g/mol. The van der Waals surface area contributed by atoms with Gasteiger partial charge in [-0.2, -0.15) is 0 Å². The second kappa shape index (κ2) is 6.27. The fourth-order valence-electron chi connectivity index (χ4n) is 2.27. The molecule has 0 heterocycles. The third-order valence-electron chi connectivity index (χ3n) is 3.45. The van der Waals surface area contributed by atoms with Crippen LogP contribution in [0.5, 0.6) is 5.75 Å². The highest BCUT2D eigenvalue weighted by molar-refractivity contribution is 5.94. The van der Waals surface area contributed by atoms with Gasteiger partial charge in [-0.15, -0.1) is 0 Å². The minimum Gasteiger partial charge on any atom is -0.423 e. The Bertz CT molecular complexity index is 824. The first-order chi connectivity index (χ1) is 10.7. The maximum Gasteiger partial charge on any atom is 0.336 e. The highest BCUT2D eigenvalue weighted by Gasteiger charge is 2.04. The van der Waals surface area contributed by atoms with E-state index in [0.717, 1.165) is 16.3 Å². The molecule has 0 aromatic heterocycles. The van der Waals surface area contributed by atoms with Crippen molar-refractivity contribution in [3.8, 4) is 5.75 Å². The average molecular weight is 288 g/mol. The monoisotopic (exact) mass is 288 g/mol. The quantitative estimate of drug-likeness (QED) is 0.394. The smallest absolute Gasteiger partial charge is 0.336 e. The summed E-state index contributed by atoms with van der Waals surface area (Å²) in [5, 5.41) is 1.98. The third kappa shape index (κ3) is 3.23. The van der Waals surface area contributed by atoms with E-state index in [1.165, 1.54) is 11.6 Å². The number of esters is 1. The summed E-state index contributed by atoms with van der Waals surface area (Å²) in [7, 11) is 0. The van der Waals surface area contributed by atoms with E-state index in [9.17, 15) is 4.79 Å². The summed E-state index contributed by atoms with van der Waals surface area (Å²) in [6, 6.07) is 21.5. The van der Waals surface area contributed by atoms with Gasteiger partial charge >= 0.3 is 5.97 Å². The number of carbonyl (C=O) groups excluding carboxylic acids is 1. The van der Waals surface area contributed by atoms with Crippen LogP contribution < -0.4 is 4.74 Å². The van der Waals surface area contributed by atoms with Crippen molar-refractivity contribution in [2.45, 2.75) is 6.92 Å².